The molecule has 0 fully saturated rings. The van der Waals surface area contributed by atoms with E-state index in [1.165, 1.54) is 26.2 Å². The summed E-state index contributed by atoms with van der Waals surface area (Å²) in [5.74, 6) is 0.0567. The Bertz CT molecular complexity index is 944. The lowest BCUT2D eigenvalue weighted by molar-refractivity contribution is -0.141. The molecule has 0 radical (unpaired) electrons. The quantitative estimate of drug-likeness (QED) is 0.504. The number of primary sulfonamides is 1. The first-order chi connectivity index (χ1) is 12.6. The summed E-state index contributed by atoms with van der Waals surface area (Å²) in [6.07, 6.45) is 1.50. The van der Waals surface area contributed by atoms with Gasteiger partial charge in [-0.1, -0.05) is 11.6 Å². The summed E-state index contributed by atoms with van der Waals surface area (Å²) >= 11 is 6.74. The van der Waals surface area contributed by atoms with Crippen LogP contribution in [0.15, 0.2) is 39.8 Å². The van der Waals surface area contributed by atoms with Crippen LogP contribution in [0.1, 0.15) is 30.0 Å². The van der Waals surface area contributed by atoms with Crippen LogP contribution in [0.4, 0.5) is 5.69 Å². The lowest BCUT2D eigenvalue weighted by Crippen LogP contribution is -2.16. The van der Waals surface area contributed by atoms with Crippen molar-refractivity contribution in [1.29, 1.82) is 0 Å². The third-order valence-corrected chi connectivity index (χ3v) is 5.47. The van der Waals surface area contributed by atoms with Crippen molar-refractivity contribution >= 4 is 50.2 Å². The number of hydrogen-bond acceptors (Lipinski definition) is 8. The number of sulfonamides is 1. The average Bonchev–Trinajstić information content (AvgIpc) is 3.03. The Morgan fingerprint density at radius 2 is 2.11 bits per heavy atom. The number of nitrogens with one attached hydrogen (secondary N) is 1. The van der Waals surface area contributed by atoms with E-state index < -0.39 is 26.5 Å². The molecular formula is C16H17ClN2O6S2. The van der Waals surface area contributed by atoms with Gasteiger partial charge in [-0.05, 0) is 43.0 Å². The summed E-state index contributed by atoms with van der Waals surface area (Å²) in [5, 5.41) is 7.48. The fraction of sp³-hybridized carbons (Fsp3) is 0.250. The molecule has 0 saturated carbocycles. The second-order valence-electron chi connectivity index (χ2n) is 5.39. The van der Waals surface area contributed by atoms with Crippen LogP contribution in [-0.2, 0) is 26.1 Å². The molecule has 0 bridgehead atoms. The second-order valence-corrected chi connectivity index (χ2v) is 8.60. The molecule has 11 heteroatoms. The van der Waals surface area contributed by atoms with Crippen molar-refractivity contribution in [2.75, 3.05) is 5.32 Å². The minimum atomic E-state index is -4.14. The van der Waals surface area contributed by atoms with E-state index >= 15 is 0 Å². The molecule has 27 heavy (non-hydrogen) atoms. The lowest BCUT2D eigenvalue weighted by atomic mass is 10.2. The fourth-order valence-corrected chi connectivity index (χ4v) is 4.03. The first-order valence-electron chi connectivity index (χ1n) is 7.58. The van der Waals surface area contributed by atoms with Gasteiger partial charge in [-0.15, -0.1) is 0 Å². The van der Waals surface area contributed by atoms with Crippen LogP contribution in [0.25, 0.3) is 0 Å². The largest absolute Gasteiger partial charge is 0.467 e. The molecule has 2 aromatic rings. The van der Waals surface area contributed by atoms with Crippen LogP contribution in [0.5, 0.6) is 0 Å². The monoisotopic (exact) mass is 432 g/mol. The van der Waals surface area contributed by atoms with Crippen molar-refractivity contribution in [3.8, 4) is 0 Å². The van der Waals surface area contributed by atoms with Gasteiger partial charge in [0.1, 0.15) is 10.7 Å². The number of anilines is 1. The summed E-state index contributed by atoms with van der Waals surface area (Å²) in [4.78, 5) is 23.3. The van der Waals surface area contributed by atoms with Gasteiger partial charge < -0.3 is 14.5 Å². The first kappa shape index (κ1) is 21.3. The van der Waals surface area contributed by atoms with E-state index in [9.17, 15) is 18.0 Å². The van der Waals surface area contributed by atoms with Crippen molar-refractivity contribution in [1.82, 2.24) is 0 Å². The number of ether oxygens (including phenoxy) is 1. The van der Waals surface area contributed by atoms with Crippen LogP contribution < -0.4 is 10.5 Å². The molecule has 1 unspecified atom stereocenters. The van der Waals surface area contributed by atoms with E-state index in [0.717, 1.165) is 17.8 Å². The number of nitrogens with two attached hydrogens (primary N) is 1. The number of halogens is 1. The number of thioether (sulfide) groups is 1. The maximum absolute atomic E-state index is 12.6. The van der Waals surface area contributed by atoms with Crippen LogP contribution in [0, 0.1) is 0 Å². The zero-order chi connectivity index (χ0) is 20.2. The highest BCUT2D eigenvalue weighted by atomic mass is 35.5. The van der Waals surface area contributed by atoms with Crippen LogP contribution in [0.3, 0.4) is 0 Å². The number of rotatable bonds is 7. The Hall–Kier alpha value is -2.01. The zero-order valence-electron chi connectivity index (χ0n) is 14.4. The minimum absolute atomic E-state index is 0.0268. The molecule has 0 aliphatic rings. The van der Waals surface area contributed by atoms with E-state index in [0.29, 0.717) is 5.76 Å². The Labute approximate surface area is 165 Å². The number of furan rings is 1. The molecule has 8 nitrogen and oxygen atoms in total. The van der Waals surface area contributed by atoms with Crippen molar-refractivity contribution in [3.63, 3.8) is 0 Å². The average molecular weight is 433 g/mol. The van der Waals surface area contributed by atoms with E-state index in [1.54, 1.807) is 12.1 Å². The van der Waals surface area contributed by atoms with E-state index in [1.807, 2.05) is 0 Å². The van der Waals surface area contributed by atoms with E-state index in [4.69, 9.17) is 25.9 Å². The van der Waals surface area contributed by atoms with Gasteiger partial charge in [-0.25, -0.2) is 13.6 Å². The zero-order valence-corrected chi connectivity index (χ0v) is 16.8. The van der Waals surface area contributed by atoms with Gasteiger partial charge >= 0.3 is 5.97 Å². The SMILES string of the molecule is CC(=O)OC(C)SC(=O)c1cc(S(N)(=O)=O)c(Cl)cc1NCc1ccco1. The molecule has 0 aliphatic carbocycles. The Kier molecular flexibility index (Phi) is 6.93. The number of benzene rings is 1. The fourth-order valence-electron chi connectivity index (χ4n) is 2.15. The summed E-state index contributed by atoms with van der Waals surface area (Å²) in [6.45, 7) is 2.98. The molecule has 1 heterocycles. The summed E-state index contributed by atoms with van der Waals surface area (Å²) in [6, 6.07) is 5.83. The van der Waals surface area contributed by atoms with Crippen LogP contribution in [0.2, 0.25) is 5.02 Å². The van der Waals surface area contributed by atoms with Crippen molar-refractivity contribution in [3.05, 3.63) is 46.9 Å². The number of carbonyl (C=O) groups excluding carboxylic acids is 2. The van der Waals surface area contributed by atoms with Gasteiger partial charge in [0.15, 0.2) is 5.44 Å². The topological polar surface area (TPSA) is 129 Å². The van der Waals surface area contributed by atoms with Crippen molar-refractivity contribution in [2.45, 2.75) is 30.7 Å². The summed E-state index contributed by atoms with van der Waals surface area (Å²) in [7, 11) is -4.14. The highest BCUT2D eigenvalue weighted by molar-refractivity contribution is 8.14. The highest BCUT2D eigenvalue weighted by Gasteiger charge is 2.23. The molecule has 146 valence electrons. The molecule has 0 saturated heterocycles. The van der Waals surface area contributed by atoms with Crippen LogP contribution in [-0.4, -0.2) is 24.9 Å². The molecule has 3 N–H and O–H groups in total. The molecule has 1 atom stereocenters. The molecule has 0 aliphatic heterocycles. The lowest BCUT2D eigenvalue weighted by Gasteiger charge is -2.15. The van der Waals surface area contributed by atoms with Crippen molar-refractivity contribution < 1.29 is 27.2 Å². The van der Waals surface area contributed by atoms with Crippen LogP contribution >= 0.6 is 23.4 Å². The van der Waals surface area contributed by atoms with Gasteiger partial charge in [0.2, 0.25) is 15.1 Å². The molecule has 0 spiro atoms. The Morgan fingerprint density at radius 1 is 1.41 bits per heavy atom. The normalized spacial score (nSPS) is 12.4. The minimum Gasteiger partial charge on any atom is -0.467 e. The smallest absolute Gasteiger partial charge is 0.303 e. The first-order valence-corrected chi connectivity index (χ1v) is 10.4. The standard InChI is InChI=1S/C16H17ClN2O6S2/c1-9(20)25-10(2)26-16(21)12-6-15(27(18,22)23)13(17)7-14(12)19-8-11-4-3-5-24-11/h3-7,10,19H,8H2,1-2H3,(H2,18,22,23). The predicted octanol–water partition coefficient (Wildman–Crippen LogP) is 2.98. The van der Waals surface area contributed by atoms with E-state index in [-0.39, 0.29) is 27.7 Å². The number of hydrogen-bond donors (Lipinski definition) is 2. The number of esters is 1. The Balaban J connectivity index is 2.37. The van der Waals surface area contributed by atoms with Gasteiger partial charge in [0.25, 0.3) is 0 Å². The molecule has 0 amide bonds. The van der Waals surface area contributed by atoms with Gasteiger partial charge in [0.05, 0.1) is 23.4 Å². The second kappa shape index (κ2) is 8.79. The maximum Gasteiger partial charge on any atom is 0.303 e. The van der Waals surface area contributed by atoms with Gasteiger partial charge in [-0.2, -0.15) is 0 Å². The van der Waals surface area contributed by atoms with E-state index in [2.05, 4.69) is 5.32 Å². The molecule has 2 rings (SSSR count). The maximum atomic E-state index is 12.6. The predicted molar refractivity (Wildman–Crippen MR) is 102 cm³/mol. The third-order valence-electron chi connectivity index (χ3n) is 3.24. The number of carbonyl (C=O) groups is 2. The van der Waals surface area contributed by atoms with Gasteiger partial charge in [-0.3, -0.25) is 9.59 Å². The Morgan fingerprint density at radius 3 is 2.67 bits per heavy atom. The molecule has 1 aromatic heterocycles. The molecule has 1 aromatic carbocycles. The molecular weight excluding hydrogens is 416 g/mol. The highest BCUT2D eigenvalue weighted by Crippen LogP contribution is 2.32. The third kappa shape index (κ3) is 5.99. The summed E-state index contributed by atoms with van der Waals surface area (Å²) < 4.78 is 33.6. The summed E-state index contributed by atoms with van der Waals surface area (Å²) in [5.41, 5.74) is -0.447. The van der Waals surface area contributed by atoms with Gasteiger partial charge in [0, 0.05) is 12.6 Å². The van der Waals surface area contributed by atoms with Crippen molar-refractivity contribution in [2.24, 2.45) is 5.14 Å².